The number of aryl methyl sites for hydroxylation is 1. The van der Waals surface area contributed by atoms with E-state index in [-0.39, 0.29) is 0 Å². The summed E-state index contributed by atoms with van der Waals surface area (Å²) in [6.45, 7) is 3.56. The van der Waals surface area contributed by atoms with Crippen LogP contribution in [0.2, 0.25) is 0 Å². The number of hydrogen-bond acceptors (Lipinski definition) is 4. The number of nitrogens with two attached hydrogens (primary N) is 1. The number of ether oxygens (including phenoxy) is 1. The van der Waals surface area contributed by atoms with Gasteiger partial charge < -0.3 is 20.0 Å². The normalized spacial score (nSPS) is 24.9. The lowest BCUT2D eigenvalue weighted by molar-refractivity contribution is -0.0781. The minimum absolute atomic E-state index is 0.407. The van der Waals surface area contributed by atoms with E-state index in [2.05, 4.69) is 0 Å². The first-order valence-electron chi connectivity index (χ1n) is 7.12. The zero-order valence-corrected chi connectivity index (χ0v) is 11.8. The fraction of sp³-hybridized carbons (Fsp3) is 0.500. The van der Waals surface area contributed by atoms with Gasteiger partial charge in [-0.1, -0.05) is 18.2 Å². The van der Waals surface area contributed by atoms with Crippen molar-refractivity contribution in [3.05, 3.63) is 35.6 Å². The van der Waals surface area contributed by atoms with Crippen molar-refractivity contribution in [2.24, 2.45) is 11.1 Å². The third kappa shape index (κ3) is 2.04. The van der Waals surface area contributed by atoms with Gasteiger partial charge in [0.1, 0.15) is 11.3 Å². The Morgan fingerprint density at radius 3 is 2.90 bits per heavy atom. The van der Waals surface area contributed by atoms with Crippen molar-refractivity contribution in [2.45, 2.75) is 25.9 Å². The first kappa shape index (κ1) is 13.6. The molecule has 3 rings (SSSR count). The van der Waals surface area contributed by atoms with Gasteiger partial charge in [-0.05, 0) is 25.8 Å². The van der Waals surface area contributed by atoms with Gasteiger partial charge in [-0.2, -0.15) is 0 Å². The second-order valence-electron chi connectivity index (χ2n) is 5.69. The maximum atomic E-state index is 10.9. The summed E-state index contributed by atoms with van der Waals surface area (Å²) in [7, 11) is 0. The SMILES string of the molecule is Cc1oc2ccccc2c1C(O)C1(CN)CCCOC1. The Morgan fingerprint density at radius 2 is 2.20 bits per heavy atom. The Kier molecular flexibility index (Phi) is 3.54. The molecule has 0 radical (unpaired) electrons. The molecule has 0 aliphatic carbocycles. The summed E-state index contributed by atoms with van der Waals surface area (Å²) in [5, 5.41) is 11.9. The molecule has 1 fully saturated rings. The molecule has 0 bridgehead atoms. The third-order valence-electron chi connectivity index (χ3n) is 4.43. The summed E-state index contributed by atoms with van der Waals surface area (Å²) in [5.41, 5.74) is 7.23. The largest absolute Gasteiger partial charge is 0.461 e. The average molecular weight is 275 g/mol. The molecule has 1 saturated heterocycles. The van der Waals surface area contributed by atoms with Gasteiger partial charge in [0, 0.05) is 29.5 Å². The standard InChI is InChI=1S/C16H21NO3/c1-11-14(12-5-2-3-6-13(12)20-11)15(18)16(9-17)7-4-8-19-10-16/h2-3,5-6,15,18H,4,7-10,17H2,1H3. The van der Waals surface area contributed by atoms with Crippen molar-refractivity contribution < 1.29 is 14.3 Å². The van der Waals surface area contributed by atoms with Crippen LogP contribution < -0.4 is 5.73 Å². The highest BCUT2D eigenvalue weighted by atomic mass is 16.5. The summed E-state index contributed by atoms with van der Waals surface area (Å²) in [5.74, 6) is 0.761. The summed E-state index contributed by atoms with van der Waals surface area (Å²) in [6.07, 6.45) is 1.16. The van der Waals surface area contributed by atoms with Gasteiger partial charge in [-0.25, -0.2) is 0 Å². The quantitative estimate of drug-likeness (QED) is 0.903. The molecule has 1 aromatic heterocycles. The van der Waals surface area contributed by atoms with Crippen LogP contribution in [0.1, 0.15) is 30.3 Å². The minimum atomic E-state index is -0.656. The van der Waals surface area contributed by atoms with Crippen LogP contribution in [0.25, 0.3) is 11.0 Å². The number of para-hydroxylation sites is 1. The fourth-order valence-corrected chi connectivity index (χ4v) is 3.20. The van der Waals surface area contributed by atoms with Crippen molar-refractivity contribution in [1.82, 2.24) is 0 Å². The fourth-order valence-electron chi connectivity index (χ4n) is 3.20. The second-order valence-corrected chi connectivity index (χ2v) is 5.69. The number of furan rings is 1. The number of rotatable bonds is 3. The Hall–Kier alpha value is -1.36. The van der Waals surface area contributed by atoms with E-state index in [0.29, 0.717) is 13.2 Å². The molecule has 1 aliphatic heterocycles. The van der Waals surface area contributed by atoms with Gasteiger partial charge in [0.15, 0.2) is 0 Å². The number of aliphatic hydroxyl groups excluding tert-OH is 1. The number of aliphatic hydroxyl groups is 1. The van der Waals surface area contributed by atoms with E-state index in [0.717, 1.165) is 41.7 Å². The van der Waals surface area contributed by atoms with Crippen molar-refractivity contribution >= 4 is 11.0 Å². The molecular weight excluding hydrogens is 254 g/mol. The van der Waals surface area contributed by atoms with Crippen molar-refractivity contribution in [3.8, 4) is 0 Å². The van der Waals surface area contributed by atoms with E-state index in [1.54, 1.807) is 0 Å². The Labute approximate surface area is 118 Å². The van der Waals surface area contributed by atoms with Crippen LogP contribution >= 0.6 is 0 Å². The zero-order chi connectivity index (χ0) is 14.2. The number of benzene rings is 1. The number of hydrogen-bond donors (Lipinski definition) is 2. The molecule has 3 N–H and O–H groups in total. The highest BCUT2D eigenvalue weighted by molar-refractivity contribution is 5.82. The number of fused-ring (bicyclic) bond motifs is 1. The van der Waals surface area contributed by atoms with Gasteiger partial charge in [0.25, 0.3) is 0 Å². The highest BCUT2D eigenvalue weighted by Gasteiger charge is 2.41. The topological polar surface area (TPSA) is 68.6 Å². The van der Waals surface area contributed by atoms with Crippen LogP contribution in [-0.2, 0) is 4.74 Å². The van der Waals surface area contributed by atoms with Crippen molar-refractivity contribution in [3.63, 3.8) is 0 Å². The maximum absolute atomic E-state index is 10.9. The lowest BCUT2D eigenvalue weighted by Gasteiger charge is -2.39. The zero-order valence-electron chi connectivity index (χ0n) is 11.8. The predicted octanol–water partition coefficient (Wildman–Crippen LogP) is 2.53. The first-order valence-corrected chi connectivity index (χ1v) is 7.12. The summed E-state index contributed by atoms with van der Waals surface area (Å²) < 4.78 is 11.3. The lowest BCUT2D eigenvalue weighted by Crippen LogP contribution is -2.43. The molecule has 2 atom stereocenters. The average Bonchev–Trinajstić information content (AvgIpc) is 2.83. The Balaban J connectivity index is 2.07. The molecule has 0 amide bonds. The van der Waals surface area contributed by atoms with Gasteiger partial charge >= 0.3 is 0 Å². The third-order valence-corrected chi connectivity index (χ3v) is 4.43. The Bertz CT molecular complexity index is 599. The lowest BCUT2D eigenvalue weighted by atomic mass is 9.74. The van der Waals surface area contributed by atoms with Crippen LogP contribution in [-0.4, -0.2) is 24.9 Å². The van der Waals surface area contributed by atoms with Crippen LogP contribution in [0.15, 0.2) is 28.7 Å². The van der Waals surface area contributed by atoms with E-state index in [1.807, 2.05) is 31.2 Å². The second kappa shape index (κ2) is 5.20. The monoisotopic (exact) mass is 275 g/mol. The molecule has 2 aromatic rings. The van der Waals surface area contributed by atoms with Gasteiger partial charge in [0.05, 0.1) is 12.7 Å². The minimum Gasteiger partial charge on any atom is -0.461 e. The van der Waals surface area contributed by atoms with E-state index >= 15 is 0 Å². The van der Waals surface area contributed by atoms with Crippen LogP contribution in [0.5, 0.6) is 0 Å². The Morgan fingerprint density at radius 1 is 1.40 bits per heavy atom. The molecule has 4 heteroatoms. The van der Waals surface area contributed by atoms with Crippen LogP contribution in [0.3, 0.4) is 0 Å². The summed E-state index contributed by atoms with van der Waals surface area (Å²) in [4.78, 5) is 0. The van der Waals surface area contributed by atoms with E-state index < -0.39 is 11.5 Å². The molecule has 1 aliphatic rings. The molecule has 4 nitrogen and oxygen atoms in total. The highest BCUT2D eigenvalue weighted by Crippen LogP contribution is 2.44. The van der Waals surface area contributed by atoms with Crippen molar-refractivity contribution in [1.29, 1.82) is 0 Å². The van der Waals surface area contributed by atoms with Gasteiger partial charge in [0.2, 0.25) is 0 Å². The van der Waals surface area contributed by atoms with Gasteiger partial charge in [-0.15, -0.1) is 0 Å². The maximum Gasteiger partial charge on any atom is 0.134 e. The molecule has 2 heterocycles. The summed E-state index contributed by atoms with van der Waals surface area (Å²) in [6, 6.07) is 7.80. The van der Waals surface area contributed by atoms with Gasteiger partial charge in [-0.3, -0.25) is 0 Å². The van der Waals surface area contributed by atoms with E-state index in [4.69, 9.17) is 14.9 Å². The molecular formula is C16H21NO3. The van der Waals surface area contributed by atoms with Crippen molar-refractivity contribution in [2.75, 3.05) is 19.8 Å². The smallest absolute Gasteiger partial charge is 0.134 e. The molecule has 2 unspecified atom stereocenters. The molecule has 0 spiro atoms. The predicted molar refractivity (Wildman–Crippen MR) is 77.5 cm³/mol. The first-order chi connectivity index (χ1) is 9.68. The molecule has 20 heavy (non-hydrogen) atoms. The van der Waals surface area contributed by atoms with E-state index in [9.17, 15) is 5.11 Å². The summed E-state index contributed by atoms with van der Waals surface area (Å²) >= 11 is 0. The molecule has 0 saturated carbocycles. The van der Waals surface area contributed by atoms with Crippen LogP contribution in [0, 0.1) is 12.3 Å². The van der Waals surface area contributed by atoms with E-state index in [1.165, 1.54) is 0 Å². The van der Waals surface area contributed by atoms with Crippen LogP contribution in [0.4, 0.5) is 0 Å². The molecule has 1 aromatic carbocycles. The molecule has 108 valence electrons.